The molecule has 0 aromatic carbocycles. The lowest BCUT2D eigenvalue weighted by molar-refractivity contribution is 0.614. The Labute approximate surface area is 97.6 Å². The minimum absolute atomic E-state index is 0.602. The standard InChI is InChI=1S/C11H19NS2/c1-12(2)11(13)14-10-8-6-4-3-5-7-9-10/h6,8,10H,3-5,7,9H2,1-2H3. The maximum Gasteiger partial charge on any atom is 0.136 e. The van der Waals surface area contributed by atoms with Gasteiger partial charge in [-0.1, -0.05) is 43.2 Å². The van der Waals surface area contributed by atoms with Crippen LogP contribution in [0.25, 0.3) is 0 Å². The second-order valence-corrected chi connectivity index (χ2v) is 5.76. The first kappa shape index (κ1) is 12.3. The predicted octanol–water partition coefficient (Wildman–Crippen LogP) is 3.31. The van der Waals surface area contributed by atoms with E-state index in [-0.39, 0.29) is 0 Å². The van der Waals surface area contributed by atoms with Crippen LogP contribution in [0.15, 0.2) is 0 Å². The molecule has 1 unspecified atom stereocenters. The van der Waals surface area contributed by atoms with Crippen molar-refractivity contribution in [2.45, 2.75) is 37.4 Å². The Bertz CT molecular complexity index is 172. The Balaban J connectivity index is 2.30. The maximum absolute atomic E-state index is 5.29. The van der Waals surface area contributed by atoms with Gasteiger partial charge in [0.1, 0.15) is 4.32 Å². The van der Waals surface area contributed by atoms with Crippen molar-refractivity contribution in [1.29, 1.82) is 0 Å². The zero-order chi connectivity index (χ0) is 10.4. The maximum atomic E-state index is 5.29. The van der Waals surface area contributed by atoms with Crippen molar-refractivity contribution in [3.05, 3.63) is 12.8 Å². The summed E-state index contributed by atoms with van der Waals surface area (Å²) in [5.41, 5.74) is 0. The van der Waals surface area contributed by atoms with Gasteiger partial charge in [0.15, 0.2) is 0 Å². The monoisotopic (exact) mass is 229 g/mol. The average molecular weight is 229 g/mol. The molecule has 0 aromatic rings. The molecule has 1 rings (SSSR count). The van der Waals surface area contributed by atoms with Gasteiger partial charge < -0.3 is 4.90 Å². The minimum Gasteiger partial charge on any atom is -0.364 e. The van der Waals surface area contributed by atoms with E-state index in [1.54, 1.807) is 0 Å². The molecule has 0 N–H and O–H groups in total. The summed E-state index contributed by atoms with van der Waals surface area (Å²) in [4.78, 5) is 2.02. The van der Waals surface area contributed by atoms with Crippen LogP contribution < -0.4 is 0 Å². The van der Waals surface area contributed by atoms with Crippen LogP contribution in [0.2, 0.25) is 0 Å². The van der Waals surface area contributed by atoms with Crippen LogP contribution in [-0.2, 0) is 0 Å². The highest BCUT2D eigenvalue weighted by molar-refractivity contribution is 8.23. The van der Waals surface area contributed by atoms with E-state index in [0.717, 1.165) is 4.32 Å². The second-order valence-electron chi connectivity index (χ2n) is 3.88. The Morgan fingerprint density at radius 1 is 1.36 bits per heavy atom. The zero-order valence-electron chi connectivity index (χ0n) is 9.03. The van der Waals surface area contributed by atoms with Crippen molar-refractivity contribution >= 4 is 28.3 Å². The summed E-state index contributed by atoms with van der Waals surface area (Å²) in [7, 11) is 4.03. The van der Waals surface area contributed by atoms with Gasteiger partial charge in [-0.3, -0.25) is 0 Å². The topological polar surface area (TPSA) is 3.24 Å². The molecule has 0 saturated heterocycles. The van der Waals surface area contributed by atoms with Crippen LogP contribution in [0.5, 0.6) is 0 Å². The van der Waals surface area contributed by atoms with E-state index in [0.29, 0.717) is 5.25 Å². The van der Waals surface area contributed by atoms with Gasteiger partial charge in [0.05, 0.1) is 0 Å². The molecule has 0 aromatic heterocycles. The highest BCUT2D eigenvalue weighted by Gasteiger charge is 2.14. The molecule has 0 amide bonds. The fraction of sp³-hybridized carbons (Fsp3) is 0.727. The third kappa shape index (κ3) is 4.65. The molecule has 14 heavy (non-hydrogen) atoms. The number of thioether (sulfide) groups is 1. The minimum atomic E-state index is 0.602. The third-order valence-corrected chi connectivity index (χ3v) is 4.24. The van der Waals surface area contributed by atoms with Crippen molar-refractivity contribution in [2.24, 2.45) is 0 Å². The van der Waals surface area contributed by atoms with Crippen LogP contribution in [0.1, 0.15) is 32.1 Å². The molecular weight excluding hydrogens is 210 g/mol. The van der Waals surface area contributed by atoms with Crippen molar-refractivity contribution in [2.75, 3.05) is 14.1 Å². The first-order valence-electron chi connectivity index (χ1n) is 5.25. The highest BCUT2D eigenvalue weighted by atomic mass is 32.2. The zero-order valence-corrected chi connectivity index (χ0v) is 10.7. The molecule has 2 radical (unpaired) electrons. The summed E-state index contributed by atoms with van der Waals surface area (Å²) in [6.07, 6.45) is 11.2. The summed E-state index contributed by atoms with van der Waals surface area (Å²) in [6.45, 7) is 0. The molecular formula is C11H19NS2. The molecule has 0 heterocycles. The lowest BCUT2D eigenvalue weighted by Gasteiger charge is -2.21. The summed E-state index contributed by atoms with van der Waals surface area (Å²) < 4.78 is 1.00. The summed E-state index contributed by atoms with van der Waals surface area (Å²) in [5, 5.41) is 0.602. The Morgan fingerprint density at radius 3 is 2.86 bits per heavy atom. The van der Waals surface area contributed by atoms with Crippen LogP contribution in [-0.4, -0.2) is 28.6 Å². The molecule has 0 aliphatic heterocycles. The van der Waals surface area contributed by atoms with E-state index < -0.39 is 0 Å². The van der Waals surface area contributed by atoms with Crippen LogP contribution >= 0.6 is 24.0 Å². The molecule has 80 valence electrons. The van der Waals surface area contributed by atoms with E-state index in [1.807, 2.05) is 30.8 Å². The normalized spacial score (nSPS) is 19.9. The Morgan fingerprint density at radius 2 is 2.14 bits per heavy atom. The molecule has 0 spiro atoms. The van der Waals surface area contributed by atoms with E-state index in [9.17, 15) is 0 Å². The molecule has 3 heteroatoms. The number of hydrogen-bond acceptors (Lipinski definition) is 2. The van der Waals surface area contributed by atoms with Crippen LogP contribution in [0, 0.1) is 12.8 Å². The summed E-state index contributed by atoms with van der Waals surface area (Å²) in [6, 6.07) is 0. The van der Waals surface area contributed by atoms with Crippen LogP contribution in [0.4, 0.5) is 0 Å². The van der Waals surface area contributed by atoms with Gasteiger partial charge in [-0.05, 0) is 25.7 Å². The molecule has 0 bridgehead atoms. The summed E-state index contributed by atoms with van der Waals surface area (Å²) in [5.74, 6) is 0. The molecule has 1 aliphatic carbocycles. The predicted molar refractivity (Wildman–Crippen MR) is 69.3 cm³/mol. The molecule has 1 saturated carbocycles. The summed E-state index contributed by atoms with van der Waals surface area (Å²) >= 11 is 7.11. The van der Waals surface area contributed by atoms with E-state index >= 15 is 0 Å². The number of nitrogens with zero attached hydrogens (tertiary/aromatic N) is 1. The number of hydrogen-bond donors (Lipinski definition) is 0. The van der Waals surface area contributed by atoms with Crippen molar-refractivity contribution in [3.63, 3.8) is 0 Å². The number of rotatable bonds is 1. The Hall–Kier alpha value is 0.240. The highest BCUT2D eigenvalue weighted by Crippen LogP contribution is 2.26. The smallest absolute Gasteiger partial charge is 0.136 e. The first-order valence-corrected chi connectivity index (χ1v) is 6.53. The SMILES string of the molecule is CN(C)C(=S)SC1[CH][CH]CCCCC1. The van der Waals surface area contributed by atoms with E-state index in [1.165, 1.54) is 32.1 Å². The second kappa shape index (κ2) is 6.67. The van der Waals surface area contributed by atoms with Gasteiger partial charge in [0.25, 0.3) is 0 Å². The van der Waals surface area contributed by atoms with Gasteiger partial charge in [-0.25, -0.2) is 0 Å². The van der Waals surface area contributed by atoms with Gasteiger partial charge in [0, 0.05) is 19.3 Å². The lowest BCUT2D eigenvalue weighted by atomic mass is 10.0. The molecule has 1 aliphatic rings. The lowest BCUT2D eigenvalue weighted by Crippen LogP contribution is -2.20. The van der Waals surface area contributed by atoms with Crippen LogP contribution in [0.3, 0.4) is 0 Å². The number of thiocarbonyl (C=S) groups is 1. The fourth-order valence-corrected chi connectivity index (χ4v) is 2.78. The molecule has 1 atom stereocenters. The average Bonchev–Trinajstić information content (AvgIpc) is 2.08. The fourth-order valence-electron chi connectivity index (χ4n) is 1.46. The van der Waals surface area contributed by atoms with Crippen molar-refractivity contribution < 1.29 is 0 Å². The molecule has 1 nitrogen and oxygen atoms in total. The van der Waals surface area contributed by atoms with Crippen molar-refractivity contribution in [1.82, 2.24) is 4.90 Å². The van der Waals surface area contributed by atoms with Gasteiger partial charge in [0.2, 0.25) is 0 Å². The first-order chi connectivity index (χ1) is 6.70. The van der Waals surface area contributed by atoms with Crippen molar-refractivity contribution in [3.8, 4) is 0 Å². The quantitative estimate of drug-likeness (QED) is 0.635. The van der Waals surface area contributed by atoms with Gasteiger partial charge >= 0.3 is 0 Å². The van der Waals surface area contributed by atoms with Gasteiger partial charge in [-0.15, -0.1) is 0 Å². The van der Waals surface area contributed by atoms with E-state index in [2.05, 4.69) is 12.8 Å². The molecule has 1 fully saturated rings. The third-order valence-electron chi connectivity index (χ3n) is 2.33. The van der Waals surface area contributed by atoms with Gasteiger partial charge in [-0.2, -0.15) is 0 Å². The largest absolute Gasteiger partial charge is 0.364 e. The Kier molecular flexibility index (Phi) is 5.87. The van der Waals surface area contributed by atoms with E-state index in [4.69, 9.17) is 12.2 Å².